The van der Waals surface area contributed by atoms with Crippen LogP contribution >= 0.6 is 23.2 Å². The largest absolute Gasteiger partial charge is 0.497 e. The SMILES string of the molecule is COc1ccc(Cn2c(-c3ccc(OC)cc3)nc3cc(Cl)c(Cl)cc32)cc1. The highest BCUT2D eigenvalue weighted by Gasteiger charge is 2.15. The average molecular weight is 413 g/mol. The van der Waals surface area contributed by atoms with Gasteiger partial charge in [-0.1, -0.05) is 35.3 Å². The molecule has 4 aromatic rings. The smallest absolute Gasteiger partial charge is 0.141 e. The van der Waals surface area contributed by atoms with E-state index in [0.717, 1.165) is 39.5 Å². The lowest BCUT2D eigenvalue weighted by Gasteiger charge is -2.11. The molecule has 0 spiro atoms. The molecular weight excluding hydrogens is 395 g/mol. The van der Waals surface area contributed by atoms with Gasteiger partial charge in [0.2, 0.25) is 0 Å². The molecule has 142 valence electrons. The van der Waals surface area contributed by atoms with Gasteiger partial charge in [0.15, 0.2) is 0 Å². The highest BCUT2D eigenvalue weighted by atomic mass is 35.5. The first-order valence-electron chi connectivity index (χ1n) is 8.71. The highest BCUT2D eigenvalue weighted by molar-refractivity contribution is 6.42. The van der Waals surface area contributed by atoms with E-state index in [0.29, 0.717) is 16.6 Å². The number of aromatic nitrogens is 2. The Labute approximate surface area is 173 Å². The van der Waals surface area contributed by atoms with Crippen molar-refractivity contribution in [3.05, 3.63) is 76.3 Å². The van der Waals surface area contributed by atoms with Gasteiger partial charge >= 0.3 is 0 Å². The Bertz CT molecular complexity index is 1120. The number of ether oxygens (including phenoxy) is 2. The van der Waals surface area contributed by atoms with Gasteiger partial charge in [0.05, 0.1) is 35.3 Å². The molecule has 28 heavy (non-hydrogen) atoms. The molecule has 3 aromatic carbocycles. The summed E-state index contributed by atoms with van der Waals surface area (Å²) in [6, 6.07) is 19.5. The summed E-state index contributed by atoms with van der Waals surface area (Å²) in [6.07, 6.45) is 0. The van der Waals surface area contributed by atoms with Crippen molar-refractivity contribution >= 4 is 34.2 Å². The van der Waals surface area contributed by atoms with E-state index in [1.54, 1.807) is 20.3 Å². The molecule has 0 fully saturated rings. The van der Waals surface area contributed by atoms with Crippen LogP contribution in [0.5, 0.6) is 11.5 Å². The van der Waals surface area contributed by atoms with Crippen LogP contribution in [0.1, 0.15) is 5.56 Å². The molecule has 0 unspecified atom stereocenters. The summed E-state index contributed by atoms with van der Waals surface area (Å²) in [5, 5.41) is 0.996. The number of rotatable bonds is 5. The Morgan fingerprint density at radius 1 is 0.821 bits per heavy atom. The van der Waals surface area contributed by atoms with E-state index in [-0.39, 0.29) is 0 Å². The maximum absolute atomic E-state index is 6.29. The Kier molecular flexibility index (Phi) is 5.16. The second kappa shape index (κ2) is 7.74. The van der Waals surface area contributed by atoms with Gasteiger partial charge in [0, 0.05) is 12.1 Å². The second-order valence-corrected chi connectivity index (χ2v) is 7.17. The third-order valence-electron chi connectivity index (χ3n) is 4.64. The third kappa shape index (κ3) is 3.53. The van der Waals surface area contributed by atoms with Gasteiger partial charge in [-0.15, -0.1) is 0 Å². The number of hydrogen-bond acceptors (Lipinski definition) is 3. The van der Waals surface area contributed by atoms with Gasteiger partial charge in [-0.25, -0.2) is 4.98 Å². The van der Waals surface area contributed by atoms with E-state index >= 15 is 0 Å². The molecular formula is C22H18Cl2N2O2. The average Bonchev–Trinajstić information content (AvgIpc) is 3.06. The molecule has 0 N–H and O–H groups in total. The van der Waals surface area contributed by atoms with E-state index in [9.17, 15) is 0 Å². The molecule has 0 amide bonds. The molecule has 0 aliphatic rings. The lowest BCUT2D eigenvalue weighted by molar-refractivity contribution is 0.414. The van der Waals surface area contributed by atoms with Crippen molar-refractivity contribution in [1.82, 2.24) is 9.55 Å². The first kappa shape index (κ1) is 18.7. The minimum Gasteiger partial charge on any atom is -0.497 e. The van der Waals surface area contributed by atoms with Crippen LogP contribution in [0.4, 0.5) is 0 Å². The van der Waals surface area contributed by atoms with E-state index in [1.807, 2.05) is 54.6 Å². The maximum Gasteiger partial charge on any atom is 0.141 e. The Morgan fingerprint density at radius 2 is 1.39 bits per heavy atom. The molecule has 0 saturated carbocycles. The van der Waals surface area contributed by atoms with Crippen LogP contribution < -0.4 is 9.47 Å². The van der Waals surface area contributed by atoms with Crippen molar-refractivity contribution < 1.29 is 9.47 Å². The Morgan fingerprint density at radius 3 is 2.00 bits per heavy atom. The number of halogens is 2. The predicted molar refractivity (Wildman–Crippen MR) is 114 cm³/mol. The molecule has 0 bridgehead atoms. The number of fused-ring (bicyclic) bond motifs is 1. The van der Waals surface area contributed by atoms with E-state index in [4.69, 9.17) is 37.7 Å². The lowest BCUT2D eigenvalue weighted by Crippen LogP contribution is -2.02. The van der Waals surface area contributed by atoms with E-state index in [2.05, 4.69) is 4.57 Å². The van der Waals surface area contributed by atoms with Crippen LogP contribution in [-0.2, 0) is 6.54 Å². The van der Waals surface area contributed by atoms with Gasteiger partial charge < -0.3 is 14.0 Å². The molecule has 4 rings (SSSR count). The summed E-state index contributed by atoms with van der Waals surface area (Å²) in [7, 11) is 3.31. The molecule has 1 aromatic heterocycles. The van der Waals surface area contributed by atoms with Gasteiger partial charge in [0.25, 0.3) is 0 Å². The number of imidazole rings is 1. The van der Waals surface area contributed by atoms with Crippen molar-refractivity contribution in [2.75, 3.05) is 14.2 Å². The monoisotopic (exact) mass is 412 g/mol. The summed E-state index contributed by atoms with van der Waals surface area (Å²) in [5.41, 5.74) is 3.84. The summed E-state index contributed by atoms with van der Waals surface area (Å²) in [6.45, 7) is 0.639. The first-order chi connectivity index (χ1) is 13.6. The minimum atomic E-state index is 0.490. The maximum atomic E-state index is 6.29. The van der Waals surface area contributed by atoms with Gasteiger partial charge in [0.1, 0.15) is 17.3 Å². The van der Waals surface area contributed by atoms with Gasteiger partial charge in [-0.3, -0.25) is 0 Å². The first-order valence-corrected chi connectivity index (χ1v) is 9.47. The topological polar surface area (TPSA) is 36.3 Å². The number of hydrogen-bond donors (Lipinski definition) is 0. The third-order valence-corrected chi connectivity index (χ3v) is 5.36. The molecule has 4 nitrogen and oxygen atoms in total. The standard InChI is InChI=1S/C22H18Cl2N2O2/c1-27-16-7-3-14(4-8-16)13-26-21-12-19(24)18(23)11-20(21)25-22(26)15-5-9-17(28-2)10-6-15/h3-12H,13H2,1-2H3. The molecule has 0 atom stereocenters. The molecule has 0 radical (unpaired) electrons. The molecule has 0 saturated heterocycles. The predicted octanol–water partition coefficient (Wildman–Crippen LogP) is 6.08. The molecule has 1 heterocycles. The lowest BCUT2D eigenvalue weighted by atomic mass is 10.2. The number of methoxy groups -OCH3 is 2. The minimum absolute atomic E-state index is 0.490. The van der Waals surface area contributed by atoms with Crippen LogP contribution in [0.3, 0.4) is 0 Å². The summed E-state index contributed by atoms with van der Waals surface area (Å²) in [5.74, 6) is 2.46. The van der Waals surface area contributed by atoms with Crippen LogP contribution in [0.15, 0.2) is 60.7 Å². The fourth-order valence-corrected chi connectivity index (χ4v) is 3.47. The summed E-state index contributed by atoms with van der Waals surface area (Å²) < 4.78 is 12.7. The van der Waals surface area contributed by atoms with E-state index in [1.165, 1.54) is 0 Å². The highest BCUT2D eigenvalue weighted by Crippen LogP contribution is 2.32. The number of nitrogens with zero attached hydrogens (tertiary/aromatic N) is 2. The van der Waals surface area contributed by atoms with Crippen molar-refractivity contribution in [3.8, 4) is 22.9 Å². The van der Waals surface area contributed by atoms with Crippen molar-refractivity contribution in [2.45, 2.75) is 6.54 Å². The van der Waals surface area contributed by atoms with Crippen molar-refractivity contribution in [1.29, 1.82) is 0 Å². The Hall–Kier alpha value is -2.69. The van der Waals surface area contributed by atoms with Crippen LogP contribution in [0, 0.1) is 0 Å². The summed E-state index contributed by atoms with van der Waals surface area (Å²) >= 11 is 12.5. The molecule has 6 heteroatoms. The zero-order valence-electron chi connectivity index (χ0n) is 15.4. The zero-order valence-corrected chi connectivity index (χ0v) is 17.0. The van der Waals surface area contributed by atoms with Crippen molar-refractivity contribution in [3.63, 3.8) is 0 Å². The fraction of sp³-hybridized carbons (Fsp3) is 0.136. The molecule has 0 aliphatic carbocycles. The van der Waals surface area contributed by atoms with Crippen molar-refractivity contribution in [2.24, 2.45) is 0 Å². The Balaban J connectivity index is 1.85. The number of benzene rings is 3. The van der Waals surface area contributed by atoms with Crippen LogP contribution in [-0.4, -0.2) is 23.8 Å². The summed E-state index contributed by atoms with van der Waals surface area (Å²) in [4.78, 5) is 4.82. The van der Waals surface area contributed by atoms with E-state index < -0.39 is 0 Å². The molecule has 0 aliphatic heterocycles. The van der Waals surface area contributed by atoms with Crippen LogP contribution in [0.2, 0.25) is 10.0 Å². The van der Waals surface area contributed by atoms with Crippen LogP contribution in [0.25, 0.3) is 22.4 Å². The van der Waals surface area contributed by atoms with Gasteiger partial charge in [-0.2, -0.15) is 0 Å². The normalized spacial score (nSPS) is 11.0. The fourth-order valence-electron chi connectivity index (χ4n) is 3.15. The van der Waals surface area contributed by atoms with Gasteiger partial charge in [-0.05, 0) is 54.1 Å². The quantitative estimate of drug-likeness (QED) is 0.398. The zero-order chi connectivity index (χ0) is 19.7. The second-order valence-electron chi connectivity index (χ2n) is 6.35.